The van der Waals surface area contributed by atoms with Gasteiger partial charge < -0.3 is 10.5 Å². The van der Waals surface area contributed by atoms with Gasteiger partial charge in [0.05, 0.1) is 13.2 Å². The highest BCUT2D eigenvalue weighted by molar-refractivity contribution is 7.90. The third-order valence-corrected chi connectivity index (χ3v) is 6.96. The molecule has 100 valence electrons. The Morgan fingerprint density at radius 2 is 1.76 bits per heavy atom. The monoisotopic (exact) mass is 262 g/mol. The second kappa shape index (κ2) is 4.84. The van der Waals surface area contributed by atoms with Gasteiger partial charge in [-0.15, -0.1) is 0 Å². The van der Waals surface area contributed by atoms with Gasteiger partial charge in [-0.2, -0.15) is 4.31 Å². The summed E-state index contributed by atoms with van der Waals surface area (Å²) < 4.78 is 31.5. The van der Waals surface area contributed by atoms with Crippen molar-refractivity contribution in [1.29, 1.82) is 0 Å². The quantitative estimate of drug-likeness (QED) is 0.794. The van der Waals surface area contributed by atoms with E-state index in [0.717, 1.165) is 12.8 Å². The minimum Gasteiger partial charge on any atom is -0.379 e. The molecule has 6 heteroatoms. The predicted molar refractivity (Wildman–Crippen MR) is 66.2 cm³/mol. The van der Waals surface area contributed by atoms with Crippen molar-refractivity contribution in [2.45, 2.75) is 43.4 Å². The summed E-state index contributed by atoms with van der Waals surface area (Å²) in [5.74, 6) is 0. The largest absolute Gasteiger partial charge is 0.379 e. The van der Waals surface area contributed by atoms with Gasteiger partial charge in [-0.3, -0.25) is 0 Å². The summed E-state index contributed by atoms with van der Waals surface area (Å²) in [6, 6.07) is -0.308. The number of hydrogen-bond donors (Lipinski definition) is 1. The molecule has 0 aromatic rings. The number of nitrogens with zero attached hydrogens (tertiary/aromatic N) is 1. The van der Waals surface area contributed by atoms with Crippen molar-refractivity contribution >= 4 is 10.0 Å². The van der Waals surface area contributed by atoms with Gasteiger partial charge in [-0.05, 0) is 19.8 Å². The summed E-state index contributed by atoms with van der Waals surface area (Å²) in [6.07, 6.45) is 3.32. The number of sulfonamides is 1. The first-order valence-electron chi connectivity index (χ1n) is 6.34. The van der Waals surface area contributed by atoms with Crippen LogP contribution < -0.4 is 5.73 Å². The Morgan fingerprint density at radius 1 is 1.24 bits per heavy atom. The maximum absolute atomic E-state index is 12.7. The lowest BCUT2D eigenvalue weighted by Crippen LogP contribution is -2.57. The van der Waals surface area contributed by atoms with Crippen molar-refractivity contribution in [3.63, 3.8) is 0 Å². The molecular weight excluding hydrogens is 240 g/mol. The number of nitrogens with two attached hydrogens (primary N) is 1. The van der Waals surface area contributed by atoms with Crippen LogP contribution in [0.5, 0.6) is 0 Å². The fourth-order valence-electron chi connectivity index (χ4n) is 2.97. The molecule has 2 aliphatic rings. The van der Waals surface area contributed by atoms with Crippen LogP contribution >= 0.6 is 0 Å². The first-order valence-corrected chi connectivity index (χ1v) is 7.78. The SMILES string of the molecule is CC(N)C1(S(=O)(=O)N2CCOCC2)CCCC1. The van der Waals surface area contributed by atoms with Gasteiger partial charge in [-0.25, -0.2) is 8.42 Å². The zero-order valence-electron chi connectivity index (χ0n) is 10.4. The Labute approximate surface area is 103 Å². The molecule has 5 nitrogen and oxygen atoms in total. The van der Waals surface area contributed by atoms with E-state index < -0.39 is 14.8 Å². The van der Waals surface area contributed by atoms with E-state index in [2.05, 4.69) is 0 Å². The lowest BCUT2D eigenvalue weighted by molar-refractivity contribution is 0.0715. The van der Waals surface area contributed by atoms with E-state index in [1.165, 1.54) is 0 Å². The summed E-state index contributed by atoms with van der Waals surface area (Å²) >= 11 is 0. The molecule has 2 N–H and O–H groups in total. The number of hydrogen-bond acceptors (Lipinski definition) is 4. The number of morpholine rings is 1. The predicted octanol–water partition coefficient (Wildman–Crippen LogP) is 0.308. The van der Waals surface area contributed by atoms with E-state index in [4.69, 9.17) is 10.5 Å². The van der Waals surface area contributed by atoms with E-state index in [-0.39, 0.29) is 6.04 Å². The van der Waals surface area contributed by atoms with Gasteiger partial charge in [0.2, 0.25) is 10.0 Å². The van der Waals surface area contributed by atoms with E-state index in [1.807, 2.05) is 6.92 Å². The van der Waals surface area contributed by atoms with Crippen LogP contribution in [0.15, 0.2) is 0 Å². The highest BCUT2D eigenvalue weighted by Crippen LogP contribution is 2.40. The third kappa shape index (κ3) is 2.12. The molecule has 2 fully saturated rings. The average molecular weight is 262 g/mol. The molecule has 0 aromatic carbocycles. The zero-order chi connectivity index (χ0) is 12.5. The average Bonchev–Trinajstić information content (AvgIpc) is 2.81. The van der Waals surface area contributed by atoms with Gasteiger partial charge in [-0.1, -0.05) is 12.8 Å². The Balaban J connectivity index is 2.28. The molecule has 1 heterocycles. The standard InChI is InChI=1S/C11H22N2O3S/c1-10(12)11(4-2-3-5-11)17(14,15)13-6-8-16-9-7-13/h10H,2-9,12H2,1H3. The fourth-order valence-corrected chi connectivity index (χ4v) is 5.38. The van der Waals surface area contributed by atoms with Gasteiger partial charge in [0, 0.05) is 19.1 Å². The van der Waals surface area contributed by atoms with Gasteiger partial charge in [0.15, 0.2) is 0 Å². The normalized spacial score (nSPS) is 28.1. The molecule has 1 atom stereocenters. The Morgan fingerprint density at radius 3 is 2.24 bits per heavy atom. The lowest BCUT2D eigenvalue weighted by Gasteiger charge is -2.38. The van der Waals surface area contributed by atoms with Crippen molar-refractivity contribution in [1.82, 2.24) is 4.31 Å². The molecule has 0 spiro atoms. The molecule has 1 aliphatic carbocycles. The van der Waals surface area contributed by atoms with Gasteiger partial charge >= 0.3 is 0 Å². The molecule has 0 bridgehead atoms. The van der Waals surface area contributed by atoms with Crippen LogP contribution in [0.25, 0.3) is 0 Å². The summed E-state index contributed by atoms with van der Waals surface area (Å²) in [5.41, 5.74) is 5.99. The second-order valence-corrected chi connectivity index (χ2v) is 7.36. The Bertz CT molecular complexity index is 355. The third-order valence-electron chi connectivity index (χ3n) is 4.10. The van der Waals surface area contributed by atoms with Crippen molar-refractivity contribution in [3.8, 4) is 0 Å². The molecule has 1 unspecified atom stereocenters. The van der Waals surface area contributed by atoms with Crippen LogP contribution in [0.4, 0.5) is 0 Å². The zero-order valence-corrected chi connectivity index (χ0v) is 11.2. The van der Waals surface area contributed by atoms with E-state index in [0.29, 0.717) is 39.1 Å². The molecule has 0 amide bonds. The maximum Gasteiger partial charge on any atom is 0.221 e. The van der Waals surface area contributed by atoms with Crippen LogP contribution in [0.1, 0.15) is 32.6 Å². The molecule has 0 aromatic heterocycles. The summed E-state index contributed by atoms with van der Waals surface area (Å²) in [7, 11) is -3.29. The van der Waals surface area contributed by atoms with Crippen LogP contribution in [0.3, 0.4) is 0 Å². The van der Waals surface area contributed by atoms with E-state index >= 15 is 0 Å². The van der Waals surface area contributed by atoms with Crippen molar-refractivity contribution in [2.75, 3.05) is 26.3 Å². The van der Waals surface area contributed by atoms with Crippen LogP contribution in [0, 0.1) is 0 Å². The highest BCUT2D eigenvalue weighted by Gasteiger charge is 2.51. The summed E-state index contributed by atoms with van der Waals surface area (Å²) in [4.78, 5) is 0. The Kier molecular flexibility index (Phi) is 3.77. The molecular formula is C11H22N2O3S. The van der Waals surface area contributed by atoms with Crippen LogP contribution in [0.2, 0.25) is 0 Å². The minimum atomic E-state index is -3.29. The highest BCUT2D eigenvalue weighted by atomic mass is 32.2. The summed E-state index contributed by atoms with van der Waals surface area (Å²) in [5, 5.41) is 0. The molecule has 0 radical (unpaired) electrons. The second-order valence-electron chi connectivity index (χ2n) is 5.08. The first-order chi connectivity index (χ1) is 8.01. The minimum absolute atomic E-state index is 0.308. The number of rotatable bonds is 3. The fraction of sp³-hybridized carbons (Fsp3) is 1.00. The topological polar surface area (TPSA) is 72.6 Å². The van der Waals surface area contributed by atoms with Gasteiger partial charge in [0.1, 0.15) is 4.75 Å². The maximum atomic E-state index is 12.7. The van der Waals surface area contributed by atoms with Crippen molar-refractivity contribution < 1.29 is 13.2 Å². The van der Waals surface area contributed by atoms with Crippen LogP contribution in [-0.2, 0) is 14.8 Å². The summed E-state index contributed by atoms with van der Waals surface area (Å²) in [6.45, 7) is 3.75. The van der Waals surface area contributed by atoms with E-state index in [9.17, 15) is 8.42 Å². The van der Waals surface area contributed by atoms with Crippen LogP contribution in [-0.4, -0.2) is 49.8 Å². The van der Waals surface area contributed by atoms with Crippen molar-refractivity contribution in [2.24, 2.45) is 5.73 Å². The van der Waals surface area contributed by atoms with E-state index in [1.54, 1.807) is 4.31 Å². The van der Waals surface area contributed by atoms with Crippen molar-refractivity contribution in [3.05, 3.63) is 0 Å². The molecule has 1 saturated carbocycles. The smallest absolute Gasteiger partial charge is 0.221 e. The molecule has 17 heavy (non-hydrogen) atoms. The molecule has 2 rings (SSSR count). The Hall–Kier alpha value is -0.170. The lowest BCUT2D eigenvalue weighted by atomic mass is 9.99. The first kappa shape index (κ1) is 13.3. The molecule has 1 saturated heterocycles. The number of ether oxygens (including phenoxy) is 1. The van der Waals surface area contributed by atoms with Gasteiger partial charge in [0.25, 0.3) is 0 Å². The molecule has 1 aliphatic heterocycles.